The number of hydrogen-bond acceptors (Lipinski definition) is 3. The molecule has 0 bridgehead atoms. The molecule has 1 aliphatic carbocycles. The lowest BCUT2D eigenvalue weighted by Crippen LogP contribution is -2.51. The molecule has 0 aromatic rings. The summed E-state index contributed by atoms with van der Waals surface area (Å²) in [6, 6.07) is 0.616. The average Bonchev–Trinajstić information content (AvgIpc) is 2.61. The molecule has 1 N–H and O–H groups in total. The van der Waals surface area contributed by atoms with E-state index in [2.05, 4.69) is 19.2 Å². The van der Waals surface area contributed by atoms with Crippen LogP contribution in [0.2, 0.25) is 0 Å². The van der Waals surface area contributed by atoms with Gasteiger partial charge < -0.3 is 14.8 Å². The number of fused-ring (bicyclic) bond motifs is 1. The fourth-order valence-electron chi connectivity index (χ4n) is 2.30. The van der Waals surface area contributed by atoms with Crippen molar-refractivity contribution >= 4 is 0 Å². The summed E-state index contributed by atoms with van der Waals surface area (Å²) < 4.78 is 11.5. The van der Waals surface area contributed by atoms with Crippen molar-refractivity contribution in [2.45, 2.75) is 57.5 Å². The van der Waals surface area contributed by atoms with E-state index in [0.29, 0.717) is 18.2 Å². The smallest absolute Gasteiger partial charge is 0.0937 e. The van der Waals surface area contributed by atoms with Crippen LogP contribution < -0.4 is 5.32 Å². The molecule has 2 rings (SSSR count). The molecule has 0 radical (unpaired) electrons. The average molecular weight is 199 g/mol. The highest BCUT2D eigenvalue weighted by Gasteiger charge is 2.34. The van der Waals surface area contributed by atoms with Crippen molar-refractivity contribution in [3.05, 3.63) is 0 Å². The zero-order valence-corrected chi connectivity index (χ0v) is 9.16. The van der Waals surface area contributed by atoms with Crippen LogP contribution in [0.25, 0.3) is 0 Å². The topological polar surface area (TPSA) is 30.5 Å². The Morgan fingerprint density at radius 2 is 2.29 bits per heavy atom. The summed E-state index contributed by atoms with van der Waals surface area (Å²) in [4.78, 5) is 0. The van der Waals surface area contributed by atoms with Crippen molar-refractivity contribution in [1.82, 2.24) is 5.32 Å². The molecule has 2 fully saturated rings. The largest absolute Gasteiger partial charge is 0.376 e. The predicted octanol–water partition coefficient (Wildman–Crippen LogP) is 1.32. The van der Waals surface area contributed by atoms with Gasteiger partial charge in [-0.15, -0.1) is 0 Å². The molecule has 0 aromatic heterocycles. The lowest BCUT2D eigenvalue weighted by Gasteiger charge is -2.33. The fourth-order valence-corrected chi connectivity index (χ4v) is 2.30. The van der Waals surface area contributed by atoms with Gasteiger partial charge in [-0.2, -0.15) is 0 Å². The third kappa shape index (κ3) is 2.47. The summed E-state index contributed by atoms with van der Waals surface area (Å²) in [5.41, 5.74) is 0. The standard InChI is InChI=1S/C11H21NO2/c1-8(2)13-7-9-6-12-10-4-3-5-11(10)14-9/h8-12H,3-7H2,1-2H3/t9-,10-,11+/m0/s1. The SMILES string of the molecule is CC(C)OC[C@@H]1CN[C@H]2CCC[C@H]2O1. The Labute approximate surface area is 86.2 Å². The molecular formula is C11H21NO2. The quantitative estimate of drug-likeness (QED) is 0.743. The van der Waals surface area contributed by atoms with E-state index in [4.69, 9.17) is 9.47 Å². The first-order valence-electron chi connectivity index (χ1n) is 5.76. The van der Waals surface area contributed by atoms with E-state index in [-0.39, 0.29) is 6.10 Å². The first kappa shape index (κ1) is 10.4. The molecule has 1 saturated heterocycles. The summed E-state index contributed by atoms with van der Waals surface area (Å²) >= 11 is 0. The summed E-state index contributed by atoms with van der Waals surface area (Å²) in [7, 11) is 0. The maximum atomic E-state index is 5.97. The van der Waals surface area contributed by atoms with Gasteiger partial charge in [-0.3, -0.25) is 0 Å². The molecule has 0 unspecified atom stereocenters. The van der Waals surface area contributed by atoms with Crippen LogP contribution in [0.3, 0.4) is 0 Å². The summed E-state index contributed by atoms with van der Waals surface area (Å²) in [6.45, 7) is 5.81. The third-order valence-electron chi connectivity index (χ3n) is 3.04. The molecule has 3 nitrogen and oxygen atoms in total. The van der Waals surface area contributed by atoms with Crippen LogP contribution in [0, 0.1) is 0 Å². The first-order valence-corrected chi connectivity index (χ1v) is 5.76. The second-order valence-electron chi connectivity index (χ2n) is 4.62. The highest BCUT2D eigenvalue weighted by atomic mass is 16.5. The van der Waals surface area contributed by atoms with E-state index in [9.17, 15) is 0 Å². The van der Waals surface area contributed by atoms with Crippen molar-refractivity contribution < 1.29 is 9.47 Å². The summed E-state index contributed by atoms with van der Waals surface area (Å²) in [6.07, 6.45) is 4.82. The highest BCUT2D eigenvalue weighted by Crippen LogP contribution is 2.26. The van der Waals surface area contributed by atoms with E-state index in [1.807, 2.05) is 0 Å². The Morgan fingerprint density at radius 3 is 3.07 bits per heavy atom. The van der Waals surface area contributed by atoms with Gasteiger partial charge in [-0.25, -0.2) is 0 Å². The second kappa shape index (κ2) is 4.60. The molecule has 0 aromatic carbocycles. The molecular weight excluding hydrogens is 178 g/mol. The van der Waals surface area contributed by atoms with Crippen LogP contribution in [0.1, 0.15) is 33.1 Å². The molecule has 3 atom stereocenters. The molecule has 3 heteroatoms. The second-order valence-corrected chi connectivity index (χ2v) is 4.62. The molecule has 1 saturated carbocycles. The van der Waals surface area contributed by atoms with Crippen molar-refractivity contribution in [2.24, 2.45) is 0 Å². The maximum absolute atomic E-state index is 5.97. The molecule has 0 amide bonds. The minimum atomic E-state index is 0.261. The number of ether oxygens (including phenoxy) is 2. The van der Waals surface area contributed by atoms with E-state index in [0.717, 1.165) is 13.2 Å². The fraction of sp³-hybridized carbons (Fsp3) is 1.00. The lowest BCUT2D eigenvalue weighted by atomic mass is 10.1. The molecule has 0 spiro atoms. The number of nitrogens with one attached hydrogen (secondary N) is 1. The van der Waals surface area contributed by atoms with Crippen LogP contribution in [0.15, 0.2) is 0 Å². The Hall–Kier alpha value is -0.120. The van der Waals surface area contributed by atoms with Crippen LogP contribution in [-0.4, -0.2) is 37.5 Å². The van der Waals surface area contributed by atoms with Crippen LogP contribution >= 0.6 is 0 Å². The van der Waals surface area contributed by atoms with Crippen LogP contribution in [0.5, 0.6) is 0 Å². The molecule has 1 heterocycles. The van der Waals surface area contributed by atoms with E-state index >= 15 is 0 Å². The van der Waals surface area contributed by atoms with Gasteiger partial charge >= 0.3 is 0 Å². The predicted molar refractivity (Wildman–Crippen MR) is 55.4 cm³/mol. The first-order chi connectivity index (χ1) is 6.75. The van der Waals surface area contributed by atoms with Gasteiger partial charge in [0, 0.05) is 12.6 Å². The zero-order chi connectivity index (χ0) is 9.97. The minimum absolute atomic E-state index is 0.261. The van der Waals surface area contributed by atoms with Gasteiger partial charge in [-0.1, -0.05) is 0 Å². The van der Waals surface area contributed by atoms with Gasteiger partial charge in [0.2, 0.25) is 0 Å². The van der Waals surface area contributed by atoms with E-state index in [1.165, 1.54) is 19.3 Å². The van der Waals surface area contributed by atoms with Crippen molar-refractivity contribution in [2.75, 3.05) is 13.2 Å². The van der Waals surface area contributed by atoms with Crippen molar-refractivity contribution in [3.63, 3.8) is 0 Å². The number of hydrogen-bond donors (Lipinski definition) is 1. The van der Waals surface area contributed by atoms with Gasteiger partial charge in [-0.05, 0) is 33.1 Å². The zero-order valence-electron chi connectivity index (χ0n) is 9.16. The Bertz CT molecular complexity index is 184. The third-order valence-corrected chi connectivity index (χ3v) is 3.04. The van der Waals surface area contributed by atoms with Gasteiger partial charge in [0.1, 0.15) is 0 Å². The lowest BCUT2D eigenvalue weighted by molar-refractivity contribution is -0.0945. The Balaban J connectivity index is 1.74. The number of morpholine rings is 1. The Kier molecular flexibility index (Phi) is 3.42. The van der Waals surface area contributed by atoms with Crippen LogP contribution in [-0.2, 0) is 9.47 Å². The van der Waals surface area contributed by atoms with Crippen molar-refractivity contribution in [3.8, 4) is 0 Å². The molecule has 2 aliphatic rings. The monoisotopic (exact) mass is 199 g/mol. The molecule has 14 heavy (non-hydrogen) atoms. The van der Waals surface area contributed by atoms with Gasteiger partial charge in [0.05, 0.1) is 24.9 Å². The summed E-state index contributed by atoms with van der Waals surface area (Å²) in [5.74, 6) is 0. The minimum Gasteiger partial charge on any atom is -0.376 e. The Morgan fingerprint density at radius 1 is 1.43 bits per heavy atom. The van der Waals surface area contributed by atoms with Crippen molar-refractivity contribution in [1.29, 1.82) is 0 Å². The van der Waals surface area contributed by atoms with Gasteiger partial charge in [0.15, 0.2) is 0 Å². The normalized spacial score (nSPS) is 37.5. The van der Waals surface area contributed by atoms with Gasteiger partial charge in [0.25, 0.3) is 0 Å². The molecule has 1 aliphatic heterocycles. The summed E-state index contributed by atoms with van der Waals surface area (Å²) in [5, 5.41) is 3.55. The van der Waals surface area contributed by atoms with E-state index < -0.39 is 0 Å². The number of rotatable bonds is 3. The van der Waals surface area contributed by atoms with Crippen LogP contribution in [0.4, 0.5) is 0 Å². The van der Waals surface area contributed by atoms with E-state index in [1.54, 1.807) is 0 Å². The highest BCUT2D eigenvalue weighted by molar-refractivity contribution is 4.89. The molecule has 82 valence electrons. The maximum Gasteiger partial charge on any atom is 0.0937 e.